The molecule has 1 atom stereocenters. The van der Waals surface area contributed by atoms with E-state index in [0.29, 0.717) is 17.8 Å². The fourth-order valence-corrected chi connectivity index (χ4v) is 2.70. The molecule has 0 heterocycles. The van der Waals surface area contributed by atoms with Crippen molar-refractivity contribution in [2.45, 2.75) is 58.2 Å². The van der Waals surface area contributed by atoms with Gasteiger partial charge in [-0.2, -0.15) is 0 Å². The number of hydrogen-bond donors (Lipinski definition) is 2. The van der Waals surface area contributed by atoms with Crippen LogP contribution in [0.3, 0.4) is 0 Å². The second kappa shape index (κ2) is 7.94. The predicted octanol–water partition coefficient (Wildman–Crippen LogP) is 3.32. The lowest BCUT2D eigenvalue weighted by Gasteiger charge is -2.20. The molecule has 2 amide bonds. The van der Waals surface area contributed by atoms with Gasteiger partial charge in [0.25, 0.3) is 5.91 Å². The van der Waals surface area contributed by atoms with Gasteiger partial charge in [-0.25, -0.2) is 0 Å². The Bertz CT molecular complexity index is 524. The average molecular weight is 304 g/mol. The van der Waals surface area contributed by atoms with Crippen molar-refractivity contribution >= 4 is 23.2 Å². The molecule has 0 aliphatic heterocycles. The van der Waals surface area contributed by atoms with Crippen molar-refractivity contribution in [3.8, 4) is 0 Å². The summed E-state index contributed by atoms with van der Waals surface area (Å²) in [4.78, 5) is 23.4. The second-order valence-corrected chi connectivity index (χ2v) is 5.69. The van der Waals surface area contributed by atoms with Gasteiger partial charge in [-0.15, -0.1) is 0 Å². The van der Waals surface area contributed by atoms with Gasteiger partial charge in [-0.3, -0.25) is 9.59 Å². The van der Waals surface area contributed by atoms with Crippen LogP contribution >= 0.6 is 0 Å². The molecule has 2 rings (SSSR count). The Morgan fingerprint density at radius 2 is 1.86 bits per heavy atom. The summed E-state index contributed by atoms with van der Waals surface area (Å²) in [7, 11) is 0. The molecule has 1 aliphatic rings. The zero-order chi connectivity index (χ0) is 15.9. The molecule has 120 valence electrons. The minimum Gasteiger partial charge on any atom is -0.365 e. The highest BCUT2D eigenvalue weighted by Gasteiger charge is 2.24. The first kappa shape index (κ1) is 16.5. The molecule has 2 N–H and O–H groups in total. The van der Waals surface area contributed by atoms with Gasteiger partial charge >= 0.3 is 0 Å². The van der Waals surface area contributed by atoms with Crippen LogP contribution in [0.15, 0.2) is 24.3 Å². The lowest BCUT2D eigenvalue weighted by molar-refractivity contribution is -0.131. The summed E-state index contributed by atoms with van der Waals surface area (Å²) < 4.78 is 5.91. The van der Waals surface area contributed by atoms with Gasteiger partial charge in [0, 0.05) is 18.3 Å². The van der Waals surface area contributed by atoms with Crippen molar-refractivity contribution in [1.29, 1.82) is 0 Å². The molecule has 0 bridgehead atoms. The van der Waals surface area contributed by atoms with Crippen molar-refractivity contribution in [3.63, 3.8) is 0 Å². The maximum atomic E-state index is 12.3. The van der Waals surface area contributed by atoms with Crippen LogP contribution in [-0.4, -0.2) is 24.0 Å². The Hall–Kier alpha value is -1.88. The maximum Gasteiger partial charge on any atom is 0.253 e. The largest absolute Gasteiger partial charge is 0.365 e. The standard InChI is InChI=1S/C17H24N2O3/c1-3-16(22-15-9-4-5-10-15)17(21)19-14-8-6-7-13(11-14)18-12(2)20/h6-8,11,15-16H,3-5,9-10H2,1-2H3,(H,18,20)(H,19,21)/t16-/m0/s1. The summed E-state index contributed by atoms with van der Waals surface area (Å²) in [5.74, 6) is -0.270. The number of benzene rings is 1. The number of nitrogens with one attached hydrogen (secondary N) is 2. The lowest BCUT2D eigenvalue weighted by Crippen LogP contribution is -2.32. The van der Waals surface area contributed by atoms with Gasteiger partial charge in [-0.05, 0) is 37.5 Å². The Kier molecular flexibility index (Phi) is 5.95. The summed E-state index contributed by atoms with van der Waals surface area (Å²) in [6.07, 6.45) is 4.88. The van der Waals surface area contributed by atoms with Crippen molar-refractivity contribution < 1.29 is 14.3 Å². The fraction of sp³-hybridized carbons (Fsp3) is 0.529. The van der Waals surface area contributed by atoms with Crippen LogP contribution in [0.5, 0.6) is 0 Å². The van der Waals surface area contributed by atoms with E-state index >= 15 is 0 Å². The van der Waals surface area contributed by atoms with E-state index in [1.807, 2.05) is 6.92 Å². The van der Waals surface area contributed by atoms with E-state index in [1.54, 1.807) is 24.3 Å². The van der Waals surface area contributed by atoms with Crippen LogP contribution < -0.4 is 10.6 Å². The Morgan fingerprint density at radius 3 is 2.45 bits per heavy atom. The third-order valence-corrected chi connectivity index (χ3v) is 3.77. The number of hydrogen-bond acceptors (Lipinski definition) is 3. The molecule has 0 radical (unpaired) electrons. The van der Waals surface area contributed by atoms with E-state index in [9.17, 15) is 9.59 Å². The van der Waals surface area contributed by atoms with Crippen molar-refractivity contribution in [1.82, 2.24) is 0 Å². The fourth-order valence-electron chi connectivity index (χ4n) is 2.70. The third kappa shape index (κ3) is 4.84. The first-order valence-corrected chi connectivity index (χ1v) is 7.92. The van der Waals surface area contributed by atoms with E-state index in [1.165, 1.54) is 19.8 Å². The first-order chi connectivity index (χ1) is 10.6. The highest BCUT2D eigenvalue weighted by Crippen LogP contribution is 2.23. The summed E-state index contributed by atoms with van der Waals surface area (Å²) in [6.45, 7) is 3.40. The second-order valence-electron chi connectivity index (χ2n) is 5.69. The highest BCUT2D eigenvalue weighted by atomic mass is 16.5. The van der Waals surface area contributed by atoms with Gasteiger partial charge in [0.1, 0.15) is 6.10 Å². The summed E-state index contributed by atoms with van der Waals surface area (Å²) in [5.41, 5.74) is 1.32. The molecule has 0 aromatic heterocycles. The average Bonchev–Trinajstić information content (AvgIpc) is 2.97. The van der Waals surface area contributed by atoms with E-state index in [2.05, 4.69) is 10.6 Å². The van der Waals surface area contributed by atoms with Crippen LogP contribution in [0.2, 0.25) is 0 Å². The molecule has 22 heavy (non-hydrogen) atoms. The van der Waals surface area contributed by atoms with Gasteiger partial charge in [0.05, 0.1) is 6.10 Å². The summed E-state index contributed by atoms with van der Waals surface area (Å²) in [6, 6.07) is 7.11. The number of rotatable bonds is 6. The number of anilines is 2. The molecular weight excluding hydrogens is 280 g/mol. The van der Waals surface area contributed by atoms with Gasteiger partial charge in [-0.1, -0.05) is 25.8 Å². The number of ether oxygens (including phenoxy) is 1. The molecule has 1 aromatic rings. The first-order valence-electron chi connectivity index (χ1n) is 7.92. The molecule has 1 saturated carbocycles. The Morgan fingerprint density at radius 1 is 1.23 bits per heavy atom. The molecule has 5 heteroatoms. The lowest BCUT2D eigenvalue weighted by atomic mass is 10.2. The topological polar surface area (TPSA) is 67.4 Å². The number of amides is 2. The van der Waals surface area contributed by atoms with Crippen LogP contribution in [0.1, 0.15) is 46.0 Å². The molecular formula is C17H24N2O3. The highest BCUT2D eigenvalue weighted by molar-refractivity contribution is 5.95. The minimum atomic E-state index is -0.424. The molecule has 0 saturated heterocycles. The van der Waals surface area contributed by atoms with Gasteiger partial charge < -0.3 is 15.4 Å². The smallest absolute Gasteiger partial charge is 0.253 e. The van der Waals surface area contributed by atoms with Gasteiger partial charge in [0.2, 0.25) is 5.91 Å². The molecule has 1 aliphatic carbocycles. The van der Waals surface area contributed by atoms with Gasteiger partial charge in [0.15, 0.2) is 0 Å². The zero-order valence-corrected chi connectivity index (χ0v) is 13.2. The van der Waals surface area contributed by atoms with Crippen LogP contribution in [0.25, 0.3) is 0 Å². The number of carbonyl (C=O) groups excluding carboxylic acids is 2. The van der Waals surface area contributed by atoms with Crippen LogP contribution in [-0.2, 0) is 14.3 Å². The quantitative estimate of drug-likeness (QED) is 0.847. The van der Waals surface area contributed by atoms with E-state index in [-0.39, 0.29) is 17.9 Å². The molecule has 1 fully saturated rings. The monoisotopic (exact) mass is 304 g/mol. The molecule has 0 unspecified atom stereocenters. The van der Waals surface area contributed by atoms with Crippen LogP contribution in [0, 0.1) is 0 Å². The summed E-state index contributed by atoms with van der Waals surface area (Å²) >= 11 is 0. The molecule has 1 aromatic carbocycles. The third-order valence-electron chi connectivity index (χ3n) is 3.77. The van der Waals surface area contributed by atoms with Crippen LogP contribution in [0.4, 0.5) is 11.4 Å². The number of carbonyl (C=O) groups is 2. The minimum absolute atomic E-state index is 0.130. The van der Waals surface area contributed by atoms with E-state index in [4.69, 9.17) is 4.74 Å². The normalized spacial score (nSPS) is 16.3. The van der Waals surface area contributed by atoms with Crippen molar-refractivity contribution in [2.24, 2.45) is 0 Å². The maximum absolute atomic E-state index is 12.3. The van der Waals surface area contributed by atoms with Crippen molar-refractivity contribution in [2.75, 3.05) is 10.6 Å². The predicted molar refractivity (Wildman–Crippen MR) is 86.8 cm³/mol. The Labute approximate surface area is 131 Å². The SMILES string of the molecule is CC[C@H](OC1CCCC1)C(=O)Nc1cccc(NC(C)=O)c1. The van der Waals surface area contributed by atoms with E-state index < -0.39 is 6.10 Å². The Balaban J connectivity index is 1.95. The van der Waals surface area contributed by atoms with Crippen molar-refractivity contribution in [3.05, 3.63) is 24.3 Å². The molecule has 5 nitrogen and oxygen atoms in total. The van der Waals surface area contributed by atoms with E-state index in [0.717, 1.165) is 12.8 Å². The summed E-state index contributed by atoms with van der Waals surface area (Å²) in [5, 5.41) is 5.56. The zero-order valence-electron chi connectivity index (χ0n) is 13.2. The molecule has 0 spiro atoms.